The molecule has 0 aliphatic heterocycles. The third-order valence-electron chi connectivity index (χ3n) is 10.9. The summed E-state index contributed by atoms with van der Waals surface area (Å²) in [6.07, 6.45) is 0. The minimum absolute atomic E-state index is 0.0997. The van der Waals surface area contributed by atoms with Gasteiger partial charge in [-0.05, 0) is 80.0 Å². The second-order valence-corrected chi connectivity index (χ2v) is 15.1. The van der Waals surface area contributed by atoms with Crippen molar-refractivity contribution in [2.75, 3.05) is 4.90 Å². The minimum atomic E-state index is -0.0997. The SMILES string of the molecule is CC1(C)c2ccccc2-c2c(N(c3ccc(-c4cccc5ccccc45)cc3)c3cccc4sc5c(-c6ccccc6)cccc5c34)cccc21. The zero-order chi connectivity index (χ0) is 34.1. The van der Waals surface area contributed by atoms with Gasteiger partial charge < -0.3 is 4.90 Å². The molecule has 1 aliphatic carbocycles. The van der Waals surface area contributed by atoms with E-state index in [-0.39, 0.29) is 5.41 Å². The minimum Gasteiger partial charge on any atom is -0.309 e. The van der Waals surface area contributed by atoms with Gasteiger partial charge in [0.15, 0.2) is 0 Å². The second kappa shape index (κ2) is 11.6. The normalized spacial score (nSPS) is 13.1. The van der Waals surface area contributed by atoms with Crippen LogP contribution >= 0.6 is 11.3 Å². The number of anilines is 3. The van der Waals surface area contributed by atoms with Gasteiger partial charge in [-0.1, -0.05) is 159 Å². The highest BCUT2D eigenvalue weighted by Crippen LogP contribution is 2.55. The molecule has 1 nitrogen and oxygen atoms in total. The van der Waals surface area contributed by atoms with E-state index in [4.69, 9.17) is 0 Å². The Morgan fingerprint density at radius 1 is 0.451 bits per heavy atom. The molecule has 51 heavy (non-hydrogen) atoms. The summed E-state index contributed by atoms with van der Waals surface area (Å²) in [5.41, 5.74) is 13.8. The standard InChI is InChI=1S/C49H35NS/c1-49(2)41-23-9-8-19-39(41)46-42(49)24-12-25-43(46)50(35-30-28-34(29-31-35)37-20-10-17-32-16-6-7-18-36(32)37)44-26-13-27-45-47(44)40-22-11-21-38(48(40)51-45)33-14-4-3-5-15-33/h3-31H,1-2H3. The van der Waals surface area contributed by atoms with E-state index in [9.17, 15) is 0 Å². The number of thiophene rings is 1. The van der Waals surface area contributed by atoms with Crippen molar-refractivity contribution >= 4 is 59.3 Å². The fraction of sp³-hybridized carbons (Fsp3) is 0.0612. The molecule has 0 atom stereocenters. The van der Waals surface area contributed by atoms with Gasteiger partial charge in [0, 0.05) is 36.8 Å². The van der Waals surface area contributed by atoms with Gasteiger partial charge in [-0.25, -0.2) is 0 Å². The van der Waals surface area contributed by atoms with Crippen LogP contribution in [0.15, 0.2) is 176 Å². The summed E-state index contributed by atoms with van der Waals surface area (Å²) in [6.45, 7) is 4.73. The van der Waals surface area contributed by atoms with Gasteiger partial charge in [0.2, 0.25) is 0 Å². The van der Waals surface area contributed by atoms with Crippen LogP contribution in [-0.4, -0.2) is 0 Å². The molecule has 0 fully saturated rings. The van der Waals surface area contributed by atoms with Gasteiger partial charge in [0.1, 0.15) is 0 Å². The maximum Gasteiger partial charge on any atom is 0.0555 e. The van der Waals surface area contributed by atoms with Gasteiger partial charge in [-0.2, -0.15) is 0 Å². The molecule has 0 saturated heterocycles. The molecule has 0 amide bonds. The summed E-state index contributed by atoms with van der Waals surface area (Å²) >= 11 is 1.89. The van der Waals surface area contributed by atoms with Crippen molar-refractivity contribution in [3.8, 4) is 33.4 Å². The van der Waals surface area contributed by atoms with E-state index in [2.05, 4.69) is 195 Å². The van der Waals surface area contributed by atoms with Crippen molar-refractivity contribution in [2.45, 2.75) is 19.3 Å². The highest BCUT2D eigenvalue weighted by atomic mass is 32.1. The Labute approximate surface area is 302 Å². The predicted octanol–water partition coefficient (Wildman–Crippen LogP) is 14.3. The van der Waals surface area contributed by atoms with Gasteiger partial charge >= 0.3 is 0 Å². The summed E-state index contributed by atoms with van der Waals surface area (Å²) in [4.78, 5) is 2.52. The van der Waals surface area contributed by atoms with E-state index in [1.807, 2.05) is 11.3 Å². The zero-order valence-corrected chi connectivity index (χ0v) is 29.4. The van der Waals surface area contributed by atoms with E-state index in [1.165, 1.54) is 86.8 Å². The molecule has 9 aromatic rings. The zero-order valence-electron chi connectivity index (χ0n) is 28.6. The Morgan fingerprint density at radius 2 is 1.06 bits per heavy atom. The molecule has 0 bridgehead atoms. The molecule has 242 valence electrons. The number of benzene rings is 8. The van der Waals surface area contributed by atoms with E-state index in [0.717, 1.165) is 5.69 Å². The largest absolute Gasteiger partial charge is 0.309 e. The lowest BCUT2D eigenvalue weighted by molar-refractivity contribution is 0.660. The predicted molar refractivity (Wildman–Crippen MR) is 220 cm³/mol. The van der Waals surface area contributed by atoms with Crippen LogP contribution in [0.3, 0.4) is 0 Å². The summed E-state index contributed by atoms with van der Waals surface area (Å²) in [5.74, 6) is 0. The molecule has 1 heterocycles. The number of rotatable bonds is 5. The number of hydrogen-bond acceptors (Lipinski definition) is 2. The molecule has 8 aromatic carbocycles. The van der Waals surface area contributed by atoms with Crippen molar-refractivity contribution in [2.24, 2.45) is 0 Å². The van der Waals surface area contributed by atoms with Crippen LogP contribution in [0, 0.1) is 0 Å². The number of hydrogen-bond donors (Lipinski definition) is 0. The van der Waals surface area contributed by atoms with Crippen LogP contribution in [0.25, 0.3) is 64.3 Å². The fourth-order valence-electron chi connectivity index (χ4n) is 8.46. The smallest absolute Gasteiger partial charge is 0.0555 e. The van der Waals surface area contributed by atoms with Crippen LogP contribution in [0.5, 0.6) is 0 Å². The Hall–Kier alpha value is -5.96. The molecular weight excluding hydrogens is 635 g/mol. The first kappa shape index (κ1) is 29.9. The maximum absolute atomic E-state index is 2.52. The quantitative estimate of drug-likeness (QED) is 0.176. The van der Waals surface area contributed by atoms with Gasteiger partial charge in [0.25, 0.3) is 0 Å². The Bertz CT molecular complexity index is 2770. The third-order valence-corrected chi connectivity index (χ3v) is 12.1. The number of nitrogens with zero attached hydrogens (tertiary/aromatic N) is 1. The molecule has 1 aliphatic rings. The molecule has 0 radical (unpaired) electrons. The van der Waals surface area contributed by atoms with Gasteiger partial charge in [-0.3, -0.25) is 0 Å². The van der Waals surface area contributed by atoms with Crippen molar-refractivity contribution in [1.82, 2.24) is 0 Å². The highest BCUT2D eigenvalue weighted by molar-refractivity contribution is 7.26. The lowest BCUT2D eigenvalue weighted by atomic mass is 9.82. The van der Waals surface area contributed by atoms with Crippen LogP contribution < -0.4 is 4.90 Å². The Kier molecular flexibility index (Phi) is 6.78. The topological polar surface area (TPSA) is 3.24 Å². The average Bonchev–Trinajstić information content (AvgIpc) is 3.68. The summed E-state index contributed by atoms with van der Waals surface area (Å²) in [6, 6.07) is 64.7. The van der Waals surface area contributed by atoms with Crippen LogP contribution in [0.2, 0.25) is 0 Å². The molecule has 10 rings (SSSR count). The molecule has 0 spiro atoms. The molecule has 1 aromatic heterocycles. The van der Waals surface area contributed by atoms with Crippen molar-refractivity contribution < 1.29 is 0 Å². The first-order valence-electron chi connectivity index (χ1n) is 17.7. The average molecular weight is 670 g/mol. The van der Waals surface area contributed by atoms with Crippen LogP contribution in [-0.2, 0) is 5.41 Å². The molecular formula is C49H35NS. The third kappa shape index (κ3) is 4.60. The van der Waals surface area contributed by atoms with Crippen LogP contribution in [0.4, 0.5) is 17.1 Å². The Morgan fingerprint density at radius 3 is 1.94 bits per heavy atom. The highest BCUT2D eigenvalue weighted by Gasteiger charge is 2.38. The van der Waals surface area contributed by atoms with Crippen molar-refractivity contribution in [3.63, 3.8) is 0 Å². The molecule has 0 N–H and O–H groups in total. The second-order valence-electron chi connectivity index (χ2n) is 14.1. The van der Waals surface area contributed by atoms with Crippen molar-refractivity contribution in [1.29, 1.82) is 0 Å². The molecule has 0 unspecified atom stereocenters. The summed E-state index contributed by atoms with van der Waals surface area (Å²) in [5, 5.41) is 5.11. The van der Waals surface area contributed by atoms with Gasteiger partial charge in [-0.15, -0.1) is 11.3 Å². The summed E-state index contributed by atoms with van der Waals surface area (Å²) in [7, 11) is 0. The lowest BCUT2D eigenvalue weighted by Crippen LogP contribution is -2.16. The first-order chi connectivity index (χ1) is 25.1. The van der Waals surface area contributed by atoms with E-state index in [0.29, 0.717) is 0 Å². The van der Waals surface area contributed by atoms with E-state index in [1.54, 1.807) is 0 Å². The van der Waals surface area contributed by atoms with Crippen LogP contribution in [0.1, 0.15) is 25.0 Å². The molecule has 2 heteroatoms. The first-order valence-corrected chi connectivity index (χ1v) is 18.5. The van der Waals surface area contributed by atoms with E-state index >= 15 is 0 Å². The summed E-state index contributed by atoms with van der Waals surface area (Å²) < 4.78 is 2.61. The monoisotopic (exact) mass is 669 g/mol. The maximum atomic E-state index is 2.52. The lowest BCUT2D eigenvalue weighted by Gasteiger charge is -2.29. The number of fused-ring (bicyclic) bond motifs is 7. The fourth-order valence-corrected chi connectivity index (χ4v) is 9.72. The van der Waals surface area contributed by atoms with Gasteiger partial charge in [0.05, 0.1) is 11.4 Å². The Balaban J connectivity index is 1.24. The van der Waals surface area contributed by atoms with E-state index < -0.39 is 0 Å². The van der Waals surface area contributed by atoms with Crippen molar-refractivity contribution in [3.05, 3.63) is 187 Å². The molecule has 0 saturated carbocycles.